The molecule has 0 aromatic heterocycles. The van der Waals surface area contributed by atoms with Gasteiger partial charge in [-0.05, 0) is 49.2 Å². The summed E-state index contributed by atoms with van der Waals surface area (Å²) in [5.74, 6) is 1.48. The van der Waals surface area contributed by atoms with Crippen LogP contribution in [-0.2, 0) is 0 Å². The molecule has 0 saturated carbocycles. The molecule has 0 atom stereocenters. The van der Waals surface area contributed by atoms with E-state index in [0.29, 0.717) is 37.2 Å². The zero-order chi connectivity index (χ0) is 20.1. The van der Waals surface area contributed by atoms with Gasteiger partial charge in [0, 0.05) is 37.3 Å². The van der Waals surface area contributed by atoms with Gasteiger partial charge in [0.2, 0.25) is 0 Å². The summed E-state index contributed by atoms with van der Waals surface area (Å²) in [7, 11) is 4.96. The van der Waals surface area contributed by atoms with Gasteiger partial charge in [0.05, 0.1) is 14.2 Å². The van der Waals surface area contributed by atoms with Crippen molar-refractivity contribution < 1.29 is 19.1 Å². The molecule has 2 amide bonds. The highest BCUT2D eigenvalue weighted by Gasteiger charge is 2.29. The van der Waals surface area contributed by atoms with E-state index >= 15 is 0 Å². The fraction of sp³-hybridized carbons (Fsp3) is 0.364. The summed E-state index contributed by atoms with van der Waals surface area (Å²) in [5, 5.41) is 0. The average molecular weight is 382 g/mol. The molecule has 1 heterocycles. The average Bonchev–Trinajstić information content (AvgIpc) is 2.77. The number of anilines is 1. The van der Waals surface area contributed by atoms with Gasteiger partial charge in [0.25, 0.3) is 0 Å². The maximum atomic E-state index is 12.8. The Labute approximate surface area is 165 Å². The summed E-state index contributed by atoms with van der Waals surface area (Å²) < 4.78 is 10.4. The van der Waals surface area contributed by atoms with Gasteiger partial charge in [-0.1, -0.05) is 12.1 Å². The number of carbonyl (C=O) groups excluding carboxylic acids is 2. The van der Waals surface area contributed by atoms with Crippen molar-refractivity contribution in [2.45, 2.75) is 12.8 Å². The first-order chi connectivity index (χ1) is 13.5. The van der Waals surface area contributed by atoms with Crippen LogP contribution in [-0.4, -0.2) is 51.1 Å². The van der Waals surface area contributed by atoms with Crippen molar-refractivity contribution in [3.63, 3.8) is 0 Å². The normalized spacial score (nSPS) is 14.5. The van der Waals surface area contributed by atoms with Crippen molar-refractivity contribution in [2.75, 3.05) is 39.3 Å². The molecule has 0 aliphatic carbocycles. The number of ketones is 1. The highest BCUT2D eigenvalue weighted by molar-refractivity contribution is 5.98. The van der Waals surface area contributed by atoms with Crippen LogP contribution in [0.1, 0.15) is 23.2 Å². The van der Waals surface area contributed by atoms with E-state index in [1.54, 1.807) is 37.1 Å². The third-order valence-electron chi connectivity index (χ3n) is 5.24. The number of amides is 2. The van der Waals surface area contributed by atoms with Crippen LogP contribution in [0.3, 0.4) is 0 Å². The molecule has 6 heteroatoms. The predicted molar refractivity (Wildman–Crippen MR) is 108 cm³/mol. The smallest absolute Gasteiger partial charge is 0.324 e. The summed E-state index contributed by atoms with van der Waals surface area (Å²) in [5.41, 5.74) is 1.47. The predicted octanol–water partition coefficient (Wildman–Crippen LogP) is 3.85. The van der Waals surface area contributed by atoms with Crippen molar-refractivity contribution in [3.05, 3.63) is 54.1 Å². The number of ether oxygens (including phenoxy) is 2. The van der Waals surface area contributed by atoms with Crippen LogP contribution in [0.15, 0.2) is 48.5 Å². The van der Waals surface area contributed by atoms with Gasteiger partial charge >= 0.3 is 6.03 Å². The SMILES string of the molecule is COc1ccc(N(C)C(=O)N2CCC(C(=O)c3cccc(OC)c3)CC2)cc1. The molecule has 1 fully saturated rings. The van der Waals surface area contributed by atoms with E-state index in [-0.39, 0.29) is 17.7 Å². The number of piperidine rings is 1. The number of rotatable bonds is 5. The minimum Gasteiger partial charge on any atom is -0.497 e. The third kappa shape index (κ3) is 4.27. The van der Waals surface area contributed by atoms with Gasteiger partial charge in [0.1, 0.15) is 11.5 Å². The van der Waals surface area contributed by atoms with Crippen molar-refractivity contribution in [2.24, 2.45) is 5.92 Å². The molecule has 0 N–H and O–H groups in total. The highest BCUT2D eigenvalue weighted by atomic mass is 16.5. The van der Waals surface area contributed by atoms with Crippen LogP contribution >= 0.6 is 0 Å². The van der Waals surface area contributed by atoms with Gasteiger partial charge < -0.3 is 14.4 Å². The standard InChI is InChI=1S/C22H26N2O4/c1-23(18-7-9-19(27-2)10-8-18)22(26)24-13-11-16(12-14-24)21(25)17-5-4-6-20(15-17)28-3/h4-10,15-16H,11-14H2,1-3H3. The number of hydrogen-bond acceptors (Lipinski definition) is 4. The summed E-state index contributed by atoms with van der Waals surface area (Å²) in [6.07, 6.45) is 1.33. The van der Waals surface area contributed by atoms with Crippen LogP contribution in [0.25, 0.3) is 0 Å². The third-order valence-corrected chi connectivity index (χ3v) is 5.24. The van der Waals surface area contributed by atoms with Gasteiger partial charge in [-0.2, -0.15) is 0 Å². The second-order valence-electron chi connectivity index (χ2n) is 6.90. The molecule has 2 aromatic carbocycles. The summed E-state index contributed by atoms with van der Waals surface area (Å²) >= 11 is 0. The number of urea groups is 1. The van der Waals surface area contributed by atoms with Gasteiger partial charge in [-0.3, -0.25) is 9.69 Å². The lowest BCUT2D eigenvalue weighted by Crippen LogP contribution is -2.46. The van der Waals surface area contributed by atoms with E-state index in [0.717, 1.165) is 11.4 Å². The molecule has 0 bridgehead atoms. The van der Waals surface area contributed by atoms with Gasteiger partial charge in [-0.25, -0.2) is 4.79 Å². The number of carbonyl (C=O) groups is 2. The molecule has 0 spiro atoms. The molecule has 3 rings (SSSR count). The number of methoxy groups -OCH3 is 2. The number of benzene rings is 2. The van der Waals surface area contributed by atoms with Crippen molar-refractivity contribution in [3.8, 4) is 11.5 Å². The van der Waals surface area contributed by atoms with E-state index < -0.39 is 0 Å². The Balaban J connectivity index is 1.59. The Bertz CT molecular complexity index is 827. The van der Waals surface area contributed by atoms with Crippen LogP contribution in [0, 0.1) is 5.92 Å². The van der Waals surface area contributed by atoms with Crippen LogP contribution in [0.5, 0.6) is 11.5 Å². The molecule has 2 aromatic rings. The molecule has 1 aliphatic rings. The maximum absolute atomic E-state index is 12.8. The molecule has 1 aliphatic heterocycles. The quantitative estimate of drug-likeness (QED) is 0.737. The summed E-state index contributed by atoms with van der Waals surface area (Å²) in [4.78, 5) is 29.0. The lowest BCUT2D eigenvalue weighted by Gasteiger charge is -2.34. The van der Waals surface area contributed by atoms with E-state index in [1.165, 1.54) is 0 Å². The fourth-order valence-corrected chi connectivity index (χ4v) is 3.47. The maximum Gasteiger partial charge on any atom is 0.324 e. The molecule has 0 unspecified atom stereocenters. The van der Waals surface area contributed by atoms with Crippen LogP contribution < -0.4 is 14.4 Å². The van der Waals surface area contributed by atoms with E-state index in [4.69, 9.17) is 9.47 Å². The topological polar surface area (TPSA) is 59.1 Å². The number of likely N-dealkylation sites (tertiary alicyclic amines) is 1. The van der Waals surface area contributed by atoms with E-state index in [1.807, 2.05) is 42.5 Å². The van der Waals surface area contributed by atoms with Crippen LogP contribution in [0.4, 0.5) is 10.5 Å². The van der Waals surface area contributed by atoms with E-state index in [2.05, 4.69) is 0 Å². The Morgan fingerprint density at radius 1 is 0.964 bits per heavy atom. The molecule has 1 saturated heterocycles. The Morgan fingerprint density at radius 2 is 1.61 bits per heavy atom. The first-order valence-corrected chi connectivity index (χ1v) is 9.38. The minimum atomic E-state index is -0.0672. The molecule has 148 valence electrons. The largest absolute Gasteiger partial charge is 0.497 e. The Hall–Kier alpha value is -3.02. The number of Topliss-reactive ketones (excluding diaryl/α,β-unsaturated/α-hetero) is 1. The first-order valence-electron chi connectivity index (χ1n) is 9.38. The lowest BCUT2D eigenvalue weighted by molar-refractivity contribution is 0.0857. The zero-order valence-electron chi connectivity index (χ0n) is 16.6. The molecule has 0 radical (unpaired) electrons. The molecular formula is C22H26N2O4. The molecule has 28 heavy (non-hydrogen) atoms. The fourth-order valence-electron chi connectivity index (χ4n) is 3.47. The van der Waals surface area contributed by atoms with Gasteiger partial charge in [-0.15, -0.1) is 0 Å². The van der Waals surface area contributed by atoms with Gasteiger partial charge in [0.15, 0.2) is 5.78 Å². The van der Waals surface area contributed by atoms with Crippen LogP contribution in [0.2, 0.25) is 0 Å². The zero-order valence-corrected chi connectivity index (χ0v) is 16.6. The Morgan fingerprint density at radius 3 is 2.21 bits per heavy atom. The second kappa shape index (κ2) is 8.78. The molecular weight excluding hydrogens is 356 g/mol. The lowest BCUT2D eigenvalue weighted by atomic mass is 9.89. The highest BCUT2D eigenvalue weighted by Crippen LogP contribution is 2.25. The first kappa shape index (κ1) is 19.7. The summed E-state index contributed by atoms with van der Waals surface area (Å²) in [6.45, 7) is 1.14. The monoisotopic (exact) mass is 382 g/mol. The second-order valence-corrected chi connectivity index (χ2v) is 6.90. The Kier molecular flexibility index (Phi) is 6.19. The number of hydrogen-bond donors (Lipinski definition) is 0. The minimum absolute atomic E-state index is 0.0579. The van der Waals surface area contributed by atoms with Crippen molar-refractivity contribution in [1.82, 2.24) is 4.90 Å². The summed E-state index contributed by atoms with van der Waals surface area (Å²) in [6, 6.07) is 14.6. The molecule has 6 nitrogen and oxygen atoms in total. The number of nitrogens with zero attached hydrogens (tertiary/aromatic N) is 2. The van der Waals surface area contributed by atoms with Crippen molar-refractivity contribution in [1.29, 1.82) is 0 Å². The van der Waals surface area contributed by atoms with E-state index in [9.17, 15) is 9.59 Å². The van der Waals surface area contributed by atoms with Crippen molar-refractivity contribution >= 4 is 17.5 Å².